The minimum absolute atomic E-state index is 0.430. The van der Waals surface area contributed by atoms with Crippen molar-refractivity contribution in [3.8, 4) is 11.8 Å². The van der Waals surface area contributed by atoms with Crippen molar-refractivity contribution in [2.24, 2.45) is 11.7 Å². The summed E-state index contributed by atoms with van der Waals surface area (Å²) in [7, 11) is 0. The maximum Gasteiger partial charge on any atom is 0.0609 e. The normalized spacial score (nSPS) is 11.9. The Hall–Kier alpha value is 0.250. The largest absolute Gasteiger partial charge is 0.329 e. The minimum Gasteiger partial charge on any atom is -0.329 e. The second-order valence-electron chi connectivity index (χ2n) is 2.18. The van der Waals surface area contributed by atoms with Crippen molar-refractivity contribution < 1.29 is 0 Å². The molecule has 0 radical (unpaired) electrons. The van der Waals surface area contributed by atoms with E-state index in [2.05, 4.69) is 41.4 Å². The Morgan fingerprint density at radius 2 is 2.30 bits per heavy atom. The van der Waals surface area contributed by atoms with Crippen molar-refractivity contribution in [2.75, 3.05) is 11.0 Å². The summed E-state index contributed by atoms with van der Waals surface area (Å²) >= 11 is 2.25. The second kappa shape index (κ2) is 7.36. The van der Waals surface area contributed by atoms with E-state index in [0.717, 1.165) is 10.8 Å². The van der Waals surface area contributed by atoms with Gasteiger partial charge in [-0.15, -0.1) is 0 Å². The van der Waals surface area contributed by atoms with Crippen LogP contribution in [0.5, 0.6) is 0 Å². The van der Waals surface area contributed by atoms with E-state index in [1.54, 1.807) is 0 Å². The Balaban J connectivity index is 3.59. The molecule has 0 amide bonds. The maximum atomic E-state index is 5.49. The third kappa shape index (κ3) is 5.07. The van der Waals surface area contributed by atoms with E-state index in [1.807, 2.05) is 0 Å². The molecule has 0 bridgehead atoms. The second-order valence-corrected chi connectivity index (χ2v) is 2.94. The molecule has 58 valence electrons. The summed E-state index contributed by atoms with van der Waals surface area (Å²) in [6.07, 6.45) is 2.32. The zero-order valence-electron chi connectivity index (χ0n) is 6.36. The van der Waals surface area contributed by atoms with E-state index in [4.69, 9.17) is 5.73 Å². The Morgan fingerprint density at radius 3 is 2.70 bits per heavy atom. The molecule has 10 heavy (non-hydrogen) atoms. The van der Waals surface area contributed by atoms with Crippen LogP contribution in [0.2, 0.25) is 0 Å². The average Bonchev–Trinajstić information content (AvgIpc) is 1.98. The molecule has 0 aromatic rings. The van der Waals surface area contributed by atoms with Gasteiger partial charge in [-0.3, -0.25) is 0 Å². The number of nitrogens with two attached hydrogens (primary N) is 1. The lowest BCUT2D eigenvalue weighted by Crippen LogP contribution is -2.11. The summed E-state index contributed by atoms with van der Waals surface area (Å²) in [6.45, 7) is 2.87. The molecule has 0 aliphatic carbocycles. The van der Waals surface area contributed by atoms with Crippen LogP contribution in [-0.4, -0.2) is 11.0 Å². The third-order valence-corrected chi connectivity index (χ3v) is 1.68. The fourth-order valence-electron chi connectivity index (χ4n) is 0.780. The highest BCUT2D eigenvalue weighted by Crippen LogP contribution is 2.01. The van der Waals surface area contributed by atoms with Gasteiger partial charge in [0, 0.05) is 12.5 Å². The zero-order valence-corrected chi connectivity index (χ0v) is 8.52. The summed E-state index contributed by atoms with van der Waals surface area (Å²) < 4.78 is 0.915. The van der Waals surface area contributed by atoms with Gasteiger partial charge < -0.3 is 5.73 Å². The van der Waals surface area contributed by atoms with Gasteiger partial charge >= 0.3 is 0 Å². The number of hydrogen-bond acceptors (Lipinski definition) is 1. The summed E-state index contributed by atoms with van der Waals surface area (Å²) in [4.78, 5) is 0. The van der Waals surface area contributed by atoms with E-state index < -0.39 is 0 Å². The molecule has 2 N–H and O–H groups in total. The fourth-order valence-corrected chi connectivity index (χ4v) is 1.00. The maximum absolute atomic E-state index is 5.49. The van der Waals surface area contributed by atoms with Crippen LogP contribution in [0.3, 0.4) is 0 Å². The summed E-state index contributed by atoms with van der Waals surface area (Å²) in [5, 5.41) is 0. The molecule has 0 heterocycles. The van der Waals surface area contributed by atoms with E-state index >= 15 is 0 Å². The van der Waals surface area contributed by atoms with Crippen molar-refractivity contribution in [1.82, 2.24) is 0 Å². The van der Waals surface area contributed by atoms with Gasteiger partial charge in [0.05, 0.1) is 4.43 Å². The Morgan fingerprint density at radius 1 is 1.60 bits per heavy atom. The van der Waals surface area contributed by atoms with E-state index in [1.165, 1.54) is 6.42 Å². The van der Waals surface area contributed by atoms with Crippen LogP contribution in [0, 0.1) is 17.8 Å². The van der Waals surface area contributed by atoms with Gasteiger partial charge in [0.25, 0.3) is 0 Å². The van der Waals surface area contributed by atoms with Crippen molar-refractivity contribution in [3.63, 3.8) is 0 Å². The molecule has 0 fully saturated rings. The molecule has 1 nitrogen and oxygen atoms in total. The average molecular weight is 251 g/mol. The molecule has 0 saturated carbocycles. The lowest BCUT2D eigenvalue weighted by atomic mass is 10.1. The van der Waals surface area contributed by atoms with Gasteiger partial charge in [0.15, 0.2) is 0 Å². The topological polar surface area (TPSA) is 26.0 Å². The highest BCUT2D eigenvalue weighted by Gasteiger charge is 1.98. The molecular formula is C8H14IN. The third-order valence-electron chi connectivity index (χ3n) is 1.29. The van der Waals surface area contributed by atoms with Crippen LogP contribution in [0.25, 0.3) is 0 Å². The predicted molar refractivity (Wildman–Crippen MR) is 54.1 cm³/mol. The molecule has 0 saturated heterocycles. The Bertz CT molecular complexity index is 123. The number of alkyl halides is 1. The predicted octanol–water partition coefficient (Wildman–Crippen LogP) is 1.80. The molecular weight excluding hydrogens is 237 g/mol. The number of halogens is 1. The first-order valence-electron chi connectivity index (χ1n) is 3.59. The van der Waals surface area contributed by atoms with E-state index in [-0.39, 0.29) is 0 Å². The Kier molecular flexibility index (Phi) is 7.54. The quantitative estimate of drug-likeness (QED) is 0.462. The lowest BCUT2D eigenvalue weighted by Gasteiger charge is -2.03. The first-order valence-corrected chi connectivity index (χ1v) is 5.12. The SMILES string of the molecule is CCCC(C#CCI)CN. The van der Waals surface area contributed by atoms with Crippen LogP contribution in [0.15, 0.2) is 0 Å². The van der Waals surface area contributed by atoms with Crippen LogP contribution in [-0.2, 0) is 0 Å². The molecule has 0 aliphatic heterocycles. The van der Waals surface area contributed by atoms with Crippen molar-refractivity contribution >= 4 is 22.6 Å². The monoisotopic (exact) mass is 251 g/mol. The van der Waals surface area contributed by atoms with Gasteiger partial charge in [-0.2, -0.15) is 0 Å². The van der Waals surface area contributed by atoms with Crippen LogP contribution in [0.1, 0.15) is 19.8 Å². The van der Waals surface area contributed by atoms with Crippen molar-refractivity contribution in [3.05, 3.63) is 0 Å². The molecule has 0 spiro atoms. The minimum atomic E-state index is 0.430. The van der Waals surface area contributed by atoms with Gasteiger partial charge in [-0.25, -0.2) is 0 Å². The molecule has 2 heteroatoms. The van der Waals surface area contributed by atoms with E-state index in [9.17, 15) is 0 Å². The fraction of sp³-hybridized carbons (Fsp3) is 0.750. The molecule has 0 rings (SSSR count). The number of hydrogen-bond donors (Lipinski definition) is 1. The molecule has 0 aromatic carbocycles. The van der Waals surface area contributed by atoms with Crippen molar-refractivity contribution in [2.45, 2.75) is 19.8 Å². The highest BCUT2D eigenvalue weighted by atomic mass is 127. The van der Waals surface area contributed by atoms with Gasteiger partial charge in [0.1, 0.15) is 0 Å². The molecule has 0 aromatic heterocycles. The van der Waals surface area contributed by atoms with Gasteiger partial charge in [-0.05, 0) is 6.42 Å². The van der Waals surface area contributed by atoms with Crippen molar-refractivity contribution in [1.29, 1.82) is 0 Å². The Labute approximate surface area is 76.9 Å². The first-order chi connectivity index (χ1) is 4.85. The van der Waals surface area contributed by atoms with Crippen LogP contribution in [0.4, 0.5) is 0 Å². The summed E-state index contributed by atoms with van der Waals surface area (Å²) in [5.41, 5.74) is 5.49. The molecule has 1 atom stereocenters. The van der Waals surface area contributed by atoms with Crippen LogP contribution < -0.4 is 5.73 Å². The van der Waals surface area contributed by atoms with Gasteiger partial charge in [0.2, 0.25) is 0 Å². The first kappa shape index (κ1) is 10.2. The zero-order chi connectivity index (χ0) is 7.82. The summed E-state index contributed by atoms with van der Waals surface area (Å²) in [6, 6.07) is 0. The standard InChI is InChI=1S/C8H14IN/c1-2-4-8(7-10)5-3-6-9/h8H,2,4,6-7,10H2,1H3. The molecule has 1 unspecified atom stereocenters. The van der Waals surface area contributed by atoms with Crippen LogP contribution >= 0.6 is 22.6 Å². The highest BCUT2D eigenvalue weighted by molar-refractivity contribution is 14.1. The molecule has 0 aliphatic rings. The van der Waals surface area contributed by atoms with Gasteiger partial charge in [-0.1, -0.05) is 47.8 Å². The summed E-state index contributed by atoms with van der Waals surface area (Å²) in [5.74, 6) is 6.61. The van der Waals surface area contributed by atoms with E-state index in [0.29, 0.717) is 12.5 Å². The smallest absolute Gasteiger partial charge is 0.0609 e. The number of rotatable bonds is 3. The lowest BCUT2D eigenvalue weighted by molar-refractivity contribution is 0.609.